The molecule has 1 fully saturated rings. The van der Waals surface area contributed by atoms with Crippen LogP contribution in [0.1, 0.15) is 17.0 Å². The van der Waals surface area contributed by atoms with E-state index in [9.17, 15) is 4.79 Å². The van der Waals surface area contributed by atoms with Gasteiger partial charge in [-0.2, -0.15) is 0 Å². The number of fused-ring (bicyclic) bond motifs is 1. The molecule has 8 heteroatoms. The van der Waals surface area contributed by atoms with Crippen LogP contribution in [0.3, 0.4) is 0 Å². The molecule has 4 aromatic rings. The fourth-order valence-corrected chi connectivity index (χ4v) is 4.52. The van der Waals surface area contributed by atoms with Gasteiger partial charge in [-0.15, -0.1) is 0 Å². The third-order valence-corrected chi connectivity index (χ3v) is 6.69. The van der Waals surface area contributed by atoms with Crippen molar-refractivity contribution in [3.63, 3.8) is 0 Å². The zero-order valence-corrected chi connectivity index (χ0v) is 20.1. The van der Waals surface area contributed by atoms with E-state index in [4.69, 9.17) is 16.6 Å². The molecule has 0 spiro atoms. The van der Waals surface area contributed by atoms with Gasteiger partial charge in [-0.3, -0.25) is 9.47 Å². The van der Waals surface area contributed by atoms with Gasteiger partial charge in [0.05, 0.1) is 6.54 Å². The first-order chi connectivity index (χ1) is 16.5. The van der Waals surface area contributed by atoms with Crippen molar-refractivity contribution in [2.75, 3.05) is 31.5 Å². The molecule has 3 heterocycles. The highest BCUT2D eigenvalue weighted by atomic mass is 35.5. The highest BCUT2D eigenvalue weighted by molar-refractivity contribution is 6.31. The number of imidazole rings is 1. The molecule has 1 aliphatic rings. The SMILES string of the molecule is Cc1cccc(-n2c(CN3CCN(C(=O)Nc4cccc(Cl)c4C)CC3)nc3cccnc32)c1. The van der Waals surface area contributed by atoms with Crippen LogP contribution in [0.25, 0.3) is 16.9 Å². The van der Waals surface area contributed by atoms with Crippen LogP contribution in [-0.4, -0.2) is 56.5 Å². The summed E-state index contributed by atoms with van der Waals surface area (Å²) in [5.41, 5.74) is 5.62. The molecule has 0 bridgehead atoms. The molecule has 2 aromatic carbocycles. The van der Waals surface area contributed by atoms with Crippen LogP contribution in [0.5, 0.6) is 0 Å². The van der Waals surface area contributed by atoms with Gasteiger partial charge in [0.1, 0.15) is 11.3 Å². The average Bonchev–Trinajstić information content (AvgIpc) is 3.20. The van der Waals surface area contributed by atoms with Crippen LogP contribution in [0.2, 0.25) is 5.02 Å². The fraction of sp³-hybridized carbons (Fsp3) is 0.269. The number of amides is 2. The molecular formula is C26H27ClN6O. The lowest BCUT2D eigenvalue weighted by molar-refractivity contribution is 0.140. The number of halogens is 1. The predicted molar refractivity (Wildman–Crippen MR) is 136 cm³/mol. The highest BCUT2D eigenvalue weighted by Gasteiger charge is 2.24. The molecule has 0 radical (unpaired) electrons. The number of hydrogen-bond donors (Lipinski definition) is 1. The van der Waals surface area contributed by atoms with E-state index in [0.29, 0.717) is 24.7 Å². The molecule has 0 atom stereocenters. The number of anilines is 1. The second-order valence-electron chi connectivity index (χ2n) is 8.65. The van der Waals surface area contributed by atoms with Crippen LogP contribution in [0.4, 0.5) is 10.5 Å². The maximum Gasteiger partial charge on any atom is 0.321 e. The summed E-state index contributed by atoms with van der Waals surface area (Å²) in [5.74, 6) is 0.951. The standard InChI is InChI=1S/C26H27ClN6O/c1-18-6-3-7-20(16-18)33-24(29-23-10-5-11-28-25(23)33)17-31-12-14-32(15-13-31)26(34)30-22-9-4-8-21(27)19(22)2/h3-11,16H,12-15,17H2,1-2H3,(H,30,34). The molecule has 1 aliphatic heterocycles. The van der Waals surface area contributed by atoms with Gasteiger partial charge in [-0.25, -0.2) is 14.8 Å². The number of nitrogens with zero attached hydrogens (tertiary/aromatic N) is 5. The third-order valence-electron chi connectivity index (χ3n) is 6.28. The number of urea groups is 1. The minimum Gasteiger partial charge on any atom is -0.322 e. The van der Waals surface area contributed by atoms with Crippen LogP contribution in [0, 0.1) is 13.8 Å². The van der Waals surface area contributed by atoms with E-state index in [-0.39, 0.29) is 6.03 Å². The molecule has 2 aromatic heterocycles. The lowest BCUT2D eigenvalue weighted by Gasteiger charge is -2.34. The van der Waals surface area contributed by atoms with Crippen LogP contribution in [-0.2, 0) is 6.54 Å². The Balaban J connectivity index is 1.30. The monoisotopic (exact) mass is 474 g/mol. The van der Waals surface area contributed by atoms with Crippen molar-refractivity contribution in [2.24, 2.45) is 0 Å². The van der Waals surface area contributed by atoms with Crippen molar-refractivity contribution in [1.82, 2.24) is 24.3 Å². The zero-order valence-electron chi connectivity index (χ0n) is 19.3. The fourth-order valence-electron chi connectivity index (χ4n) is 4.35. The van der Waals surface area contributed by atoms with Gasteiger partial charge in [0.2, 0.25) is 0 Å². The minimum absolute atomic E-state index is 0.0961. The number of aryl methyl sites for hydroxylation is 1. The molecule has 2 amide bonds. The van der Waals surface area contributed by atoms with E-state index < -0.39 is 0 Å². The van der Waals surface area contributed by atoms with Crippen molar-refractivity contribution in [2.45, 2.75) is 20.4 Å². The van der Waals surface area contributed by atoms with E-state index in [2.05, 4.69) is 51.0 Å². The summed E-state index contributed by atoms with van der Waals surface area (Å²) in [5, 5.41) is 3.65. The summed E-state index contributed by atoms with van der Waals surface area (Å²) in [6.45, 7) is 7.52. The van der Waals surface area contributed by atoms with Gasteiger partial charge < -0.3 is 10.2 Å². The second-order valence-corrected chi connectivity index (χ2v) is 9.06. The first-order valence-corrected chi connectivity index (χ1v) is 11.8. The predicted octanol–water partition coefficient (Wildman–Crippen LogP) is 5.04. The normalized spacial score (nSPS) is 14.5. The van der Waals surface area contributed by atoms with E-state index in [1.807, 2.05) is 42.2 Å². The molecule has 0 saturated carbocycles. The highest BCUT2D eigenvalue weighted by Crippen LogP contribution is 2.24. The summed E-state index contributed by atoms with van der Waals surface area (Å²) in [6.07, 6.45) is 1.80. The topological polar surface area (TPSA) is 66.3 Å². The van der Waals surface area contributed by atoms with Gasteiger partial charge in [0.15, 0.2) is 5.65 Å². The number of carbonyl (C=O) groups is 1. The Hall–Kier alpha value is -3.42. The Morgan fingerprint density at radius 2 is 1.82 bits per heavy atom. The van der Waals surface area contributed by atoms with E-state index in [0.717, 1.165) is 47.0 Å². The molecule has 7 nitrogen and oxygen atoms in total. The number of nitrogens with one attached hydrogen (secondary N) is 1. The first kappa shape index (κ1) is 22.4. The Bertz CT molecular complexity index is 1340. The van der Waals surface area contributed by atoms with Gasteiger partial charge in [-0.05, 0) is 61.4 Å². The third kappa shape index (κ3) is 4.49. The Morgan fingerprint density at radius 1 is 1.03 bits per heavy atom. The number of hydrogen-bond acceptors (Lipinski definition) is 4. The lowest BCUT2D eigenvalue weighted by atomic mass is 10.2. The van der Waals surface area contributed by atoms with E-state index in [1.165, 1.54) is 5.56 Å². The van der Waals surface area contributed by atoms with Gasteiger partial charge in [-0.1, -0.05) is 29.8 Å². The quantitative estimate of drug-likeness (QED) is 0.450. The van der Waals surface area contributed by atoms with Crippen molar-refractivity contribution in [3.05, 3.63) is 82.8 Å². The largest absolute Gasteiger partial charge is 0.322 e. The van der Waals surface area contributed by atoms with E-state index >= 15 is 0 Å². The number of rotatable bonds is 4. The maximum atomic E-state index is 12.8. The van der Waals surface area contributed by atoms with Gasteiger partial charge in [0, 0.05) is 48.8 Å². The molecule has 1 N–H and O–H groups in total. The number of piperazine rings is 1. The van der Waals surface area contributed by atoms with Gasteiger partial charge in [0.25, 0.3) is 0 Å². The number of benzene rings is 2. The molecule has 1 saturated heterocycles. The summed E-state index contributed by atoms with van der Waals surface area (Å²) < 4.78 is 2.14. The number of pyridine rings is 1. The lowest BCUT2D eigenvalue weighted by Crippen LogP contribution is -2.49. The van der Waals surface area contributed by atoms with Crippen LogP contribution < -0.4 is 5.32 Å². The summed E-state index contributed by atoms with van der Waals surface area (Å²) in [6, 6.07) is 17.7. The minimum atomic E-state index is -0.0961. The average molecular weight is 475 g/mol. The first-order valence-electron chi connectivity index (χ1n) is 11.4. The molecule has 0 aliphatic carbocycles. The molecule has 5 rings (SSSR count). The molecule has 0 unspecified atom stereocenters. The van der Waals surface area contributed by atoms with Crippen molar-refractivity contribution < 1.29 is 4.79 Å². The van der Waals surface area contributed by atoms with Crippen molar-refractivity contribution in [3.8, 4) is 5.69 Å². The van der Waals surface area contributed by atoms with Crippen molar-refractivity contribution in [1.29, 1.82) is 0 Å². The number of carbonyl (C=O) groups excluding carboxylic acids is 1. The second kappa shape index (κ2) is 9.44. The maximum absolute atomic E-state index is 12.8. The Labute approximate surface area is 204 Å². The summed E-state index contributed by atoms with van der Waals surface area (Å²) in [4.78, 5) is 26.5. The molecular weight excluding hydrogens is 448 g/mol. The molecule has 174 valence electrons. The summed E-state index contributed by atoms with van der Waals surface area (Å²) in [7, 11) is 0. The van der Waals surface area contributed by atoms with E-state index in [1.54, 1.807) is 6.20 Å². The zero-order chi connectivity index (χ0) is 23.7. The Morgan fingerprint density at radius 3 is 2.62 bits per heavy atom. The molecule has 34 heavy (non-hydrogen) atoms. The van der Waals surface area contributed by atoms with Gasteiger partial charge >= 0.3 is 6.03 Å². The smallest absolute Gasteiger partial charge is 0.321 e. The Kier molecular flexibility index (Phi) is 6.22. The van der Waals surface area contributed by atoms with Crippen molar-refractivity contribution >= 4 is 34.5 Å². The van der Waals surface area contributed by atoms with Crippen LogP contribution >= 0.6 is 11.6 Å². The number of aromatic nitrogens is 3. The van der Waals surface area contributed by atoms with Crippen LogP contribution in [0.15, 0.2) is 60.8 Å². The summed E-state index contributed by atoms with van der Waals surface area (Å²) >= 11 is 6.19.